The second kappa shape index (κ2) is 10.6. The summed E-state index contributed by atoms with van der Waals surface area (Å²) in [6.45, 7) is 4.24. The minimum atomic E-state index is 0. The molecule has 0 amide bonds. The normalized spacial score (nSPS) is 11.1. The Morgan fingerprint density at radius 1 is 1.26 bits per heavy atom. The first-order valence-corrected chi connectivity index (χ1v) is 8.56. The lowest BCUT2D eigenvalue weighted by Gasteiger charge is -2.13. The first-order valence-electron chi connectivity index (χ1n) is 8.56. The van der Waals surface area contributed by atoms with Gasteiger partial charge in [0.05, 0.1) is 0 Å². The van der Waals surface area contributed by atoms with E-state index in [1.165, 1.54) is 0 Å². The van der Waals surface area contributed by atoms with E-state index in [9.17, 15) is 0 Å². The Bertz CT molecular complexity index is 842. The molecule has 9 nitrogen and oxygen atoms in total. The largest absolute Gasteiger partial charge is 0.355 e. The predicted molar refractivity (Wildman–Crippen MR) is 114 cm³/mol. The lowest BCUT2D eigenvalue weighted by molar-refractivity contribution is 0.632. The Morgan fingerprint density at radius 3 is 2.89 bits per heavy atom. The highest BCUT2D eigenvalue weighted by Gasteiger charge is 2.04. The zero-order chi connectivity index (χ0) is 18.2. The van der Waals surface area contributed by atoms with Crippen LogP contribution < -0.4 is 10.6 Å². The molecule has 27 heavy (non-hydrogen) atoms. The van der Waals surface area contributed by atoms with Crippen molar-refractivity contribution in [1.82, 2.24) is 40.2 Å². The summed E-state index contributed by atoms with van der Waals surface area (Å²) in [7, 11) is 1.76. The molecular weight excluding hydrogens is 457 g/mol. The number of aryl methyl sites for hydroxylation is 1. The summed E-state index contributed by atoms with van der Waals surface area (Å²) >= 11 is 0. The van der Waals surface area contributed by atoms with Crippen LogP contribution in [0.2, 0.25) is 0 Å². The van der Waals surface area contributed by atoms with Gasteiger partial charge in [-0.3, -0.25) is 4.99 Å². The highest BCUT2D eigenvalue weighted by atomic mass is 127. The van der Waals surface area contributed by atoms with E-state index in [1.54, 1.807) is 30.5 Å². The number of hydrogen-bond donors (Lipinski definition) is 2. The Morgan fingerprint density at radius 2 is 2.15 bits per heavy atom. The molecule has 0 bridgehead atoms. The summed E-state index contributed by atoms with van der Waals surface area (Å²) < 4.78 is 3.78. The highest BCUT2D eigenvalue weighted by Crippen LogP contribution is 2.05. The second-order valence-corrected chi connectivity index (χ2v) is 5.62. The van der Waals surface area contributed by atoms with E-state index in [4.69, 9.17) is 0 Å². The molecule has 10 heteroatoms. The van der Waals surface area contributed by atoms with E-state index in [1.807, 2.05) is 29.0 Å². The van der Waals surface area contributed by atoms with Crippen molar-refractivity contribution in [3.63, 3.8) is 0 Å². The van der Waals surface area contributed by atoms with Crippen molar-refractivity contribution < 1.29 is 0 Å². The maximum absolute atomic E-state index is 4.34. The van der Waals surface area contributed by atoms with Crippen LogP contribution in [0, 0.1) is 0 Å². The average molecular weight is 481 g/mol. The number of rotatable bonds is 7. The molecule has 0 unspecified atom stereocenters. The van der Waals surface area contributed by atoms with E-state index in [0.29, 0.717) is 6.54 Å². The highest BCUT2D eigenvalue weighted by molar-refractivity contribution is 14.0. The number of halogens is 1. The van der Waals surface area contributed by atoms with Crippen molar-refractivity contribution in [2.24, 2.45) is 4.99 Å². The molecule has 0 aliphatic carbocycles. The number of aromatic nitrogens is 6. The van der Waals surface area contributed by atoms with Crippen molar-refractivity contribution in [2.45, 2.75) is 26.4 Å². The smallest absolute Gasteiger partial charge is 0.191 e. The van der Waals surface area contributed by atoms with Crippen LogP contribution in [-0.4, -0.2) is 49.1 Å². The van der Waals surface area contributed by atoms with Crippen LogP contribution in [0.1, 0.15) is 18.3 Å². The number of nitrogens with one attached hydrogen (secondary N) is 2. The SMILES string of the molecule is CCc1nncn1CCNC(=NC)NCc1ccnc(-n2cccn2)c1.I. The summed E-state index contributed by atoms with van der Waals surface area (Å²) in [6.07, 6.45) is 8.01. The molecule has 0 aromatic carbocycles. The number of nitrogens with zero attached hydrogens (tertiary/aromatic N) is 7. The van der Waals surface area contributed by atoms with E-state index in [2.05, 4.69) is 42.8 Å². The van der Waals surface area contributed by atoms with Gasteiger partial charge in [-0.05, 0) is 23.8 Å². The molecule has 3 aromatic heterocycles. The molecule has 2 N–H and O–H groups in total. The lowest BCUT2D eigenvalue weighted by atomic mass is 10.2. The van der Waals surface area contributed by atoms with Gasteiger partial charge in [-0.15, -0.1) is 34.2 Å². The molecule has 3 aromatic rings. The fourth-order valence-corrected chi connectivity index (χ4v) is 2.54. The molecule has 0 saturated heterocycles. The predicted octanol–water partition coefficient (Wildman–Crippen LogP) is 1.40. The molecule has 0 saturated carbocycles. The topological polar surface area (TPSA) is 97.8 Å². The first-order chi connectivity index (χ1) is 12.8. The summed E-state index contributed by atoms with van der Waals surface area (Å²) in [5, 5.41) is 18.8. The van der Waals surface area contributed by atoms with Gasteiger partial charge in [0.1, 0.15) is 12.2 Å². The van der Waals surface area contributed by atoms with Gasteiger partial charge in [-0.2, -0.15) is 5.10 Å². The standard InChI is InChI=1S/C17H23N9.HI/c1-3-15-24-22-13-25(15)10-8-20-17(18-2)21-12-14-5-7-19-16(11-14)26-9-4-6-23-26;/h4-7,9,11,13H,3,8,10,12H2,1-2H3,(H2,18,20,21);1H. The number of guanidine groups is 1. The van der Waals surface area contributed by atoms with Crippen LogP contribution in [-0.2, 0) is 19.5 Å². The van der Waals surface area contributed by atoms with Crippen molar-refractivity contribution in [3.8, 4) is 5.82 Å². The van der Waals surface area contributed by atoms with E-state index >= 15 is 0 Å². The number of aliphatic imine (C=N–C) groups is 1. The Balaban J connectivity index is 0.00000261. The van der Waals surface area contributed by atoms with Crippen molar-refractivity contribution in [2.75, 3.05) is 13.6 Å². The molecule has 144 valence electrons. The first kappa shape index (κ1) is 20.8. The number of hydrogen-bond acceptors (Lipinski definition) is 5. The molecule has 3 rings (SSSR count). The van der Waals surface area contributed by atoms with E-state index in [-0.39, 0.29) is 24.0 Å². The zero-order valence-corrected chi connectivity index (χ0v) is 17.7. The van der Waals surface area contributed by atoms with Gasteiger partial charge in [0.15, 0.2) is 11.8 Å². The monoisotopic (exact) mass is 481 g/mol. The molecule has 0 atom stereocenters. The van der Waals surface area contributed by atoms with Gasteiger partial charge in [0, 0.05) is 51.7 Å². The van der Waals surface area contributed by atoms with Gasteiger partial charge in [0.25, 0.3) is 0 Å². The average Bonchev–Trinajstić information content (AvgIpc) is 3.36. The van der Waals surface area contributed by atoms with Gasteiger partial charge in [0.2, 0.25) is 0 Å². The Labute approximate surface area is 175 Å². The zero-order valence-electron chi connectivity index (χ0n) is 15.4. The molecule has 0 aliphatic heterocycles. The fourth-order valence-electron chi connectivity index (χ4n) is 2.54. The summed E-state index contributed by atoms with van der Waals surface area (Å²) in [5.41, 5.74) is 1.10. The van der Waals surface area contributed by atoms with Gasteiger partial charge in [-0.1, -0.05) is 6.92 Å². The molecule has 0 aliphatic rings. The third kappa shape index (κ3) is 5.74. The molecule has 0 spiro atoms. The fraction of sp³-hybridized carbons (Fsp3) is 0.353. The van der Waals surface area contributed by atoms with Crippen LogP contribution in [0.3, 0.4) is 0 Å². The van der Waals surface area contributed by atoms with Crippen molar-refractivity contribution in [1.29, 1.82) is 0 Å². The van der Waals surface area contributed by atoms with Crippen molar-refractivity contribution in [3.05, 3.63) is 54.5 Å². The second-order valence-electron chi connectivity index (χ2n) is 5.62. The Kier molecular flexibility index (Phi) is 8.17. The maximum Gasteiger partial charge on any atom is 0.191 e. The molecule has 0 fully saturated rings. The van der Waals surface area contributed by atoms with Crippen LogP contribution in [0.15, 0.2) is 48.1 Å². The lowest BCUT2D eigenvalue weighted by Crippen LogP contribution is -2.38. The van der Waals surface area contributed by atoms with Gasteiger partial charge in [-0.25, -0.2) is 9.67 Å². The van der Waals surface area contributed by atoms with Gasteiger partial charge < -0.3 is 15.2 Å². The van der Waals surface area contributed by atoms with Crippen molar-refractivity contribution >= 4 is 29.9 Å². The van der Waals surface area contributed by atoms with Crippen LogP contribution in [0.4, 0.5) is 0 Å². The van der Waals surface area contributed by atoms with Gasteiger partial charge >= 0.3 is 0 Å². The quantitative estimate of drug-likeness (QED) is 0.301. The summed E-state index contributed by atoms with van der Waals surface area (Å²) in [4.78, 5) is 8.59. The third-order valence-corrected chi connectivity index (χ3v) is 3.89. The molecule has 0 radical (unpaired) electrons. The molecule has 3 heterocycles. The number of pyridine rings is 1. The van der Waals surface area contributed by atoms with Crippen LogP contribution >= 0.6 is 24.0 Å². The molecular formula is C17H24IN9. The minimum absolute atomic E-state index is 0. The third-order valence-electron chi connectivity index (χ3n) is 3.89. The summed E-state index contributed by atoms with van der Waals surface area (Å²) in [5.74, 6) is 2.52. The minimum Gasteiger partial charge on any atom is -0.355 e. The maximum atomic E-state index is 4.34. The van der Waals surface area contributed by atoms with Crippen LogP contribution in [0.25, 0.3) is 5.82 Å². The van der Waals surface area contributed by atoms with E-state index < -0.39 is 0 Å². The van der Waals surface area contributed by atoms with Crippen LogP contribution in [0.5, 0.6) is 0 Å². The summed E-state index contributed by atoms with van der Waals surface area (Å²) in [6, 6.07) is 5.84. The van der Waals surface area contributed by atoms with E-state index in [0.717, 1.165) is 42.7 Å². The Hall–Kier alpha value is -2.50.